The van der Waals surface area contributed by atoms with Crippen LogP contribution in [0.5, 0.6) is 0 Å². The van der Waals surface area contributed by atoms with Crippen molar-refractivity contribution in [3.8, 4) is 0 Å². The van der Waals surface area contributed by atoms with Crippen molar-refractivity contribution in [2.45, 2.75) is 20.1 Å². The summed E-state index contributed by atoms with van der Waals surface area (Å²) in [5.74, 6) is 0. The van der Waals surface area contributed by atoms with Crippen LogP contribution in [0.25, 0.3) is 0 Å². The van der Waals surface area contributed by atoms with Gasteiger partial charge >= 0.3 is 6.03 Å². The molecule has 0 aromatic carbocycles. The number of ether oxygens (including phenoxy) is 2. The van der Waals surface area contributed by atoms with Gasteiger partial charge in [0.1, 0.15) is 0 Å². The Hall–Kier alpha value is -0.850. The Bertz CT molecular complexity index is 161. The molecule has 0 aromatic heterocycles. The van der Waals surface area contributed by atoms with Gasteiger partial charge in [0.15, 0.2) is 6.29 Å². The Morgan fingerprint density at radius 1 is 1.27 bits per heavy atom. The largest absolute Gasteiger partial charge is 0.352 e. The van der Waals surface area contributed by atoms with Gasteiger partial charge in [-0.3, -0.25) is 0 Å². The summed E-state index contributed by atoms with van der Waals surface area (Å²) in [5, 5.41) is 5.57. The molecule has 0 atom stereocenters. The number of rotatable bonds is 9. The van der Waals surface area contributed by atoms with Gasteiger partial charge in [0.05, 0.1) is 0 Å². The van der Waals surface area contributed by atoms with Gasteiger partial charge in [0.25, 0.3) is 0 Å². The molecular formula is C9H21N3O3. The van der Waals surface area contributed by atoms with Gasteiger partial charge < -0.3 is 25.8 Å². The smallest absolute Gasteiger partial charge is 0.312 e. The van der Waals surface area contributed by atoms with Crippen LogP contribution >= 0.6 is 0 Å². The van der Waals surface area contributed by atoms with Crippen molar-refractivity contribution in [1.29, 1.82) is 0 Å². The van der Waals surface area contributed by atoms with E-state index in [1.54, 1.807) is 0 Å². The van der Waals surface area contributed by atoms with Crippen LogP contribution in [0, 0.1) is 0 Å². The van der Waals surface area contributed by atoms with Crippen LogP contribution in [0.1, 0.15) is 13.8 Å². The summed E-state index contributed by atoms with van der Waals surface area (Å²) in [6, 6.07) is -0.511. The number of carbonyl (C=O) groups excluding carboxylic acids is 1. The zero-order valence-corrected chi connectivity index (χ0v) is 9.41. The highest BCUT2D eigenvalue weighted by atomic mass is 16.7. The van der Waals surface area contributed by atoms with E-state index in [0.29, 0.717) is 32.8 Å². The molecule has 0 saturated heterocycles. The van der Waals surface area contributed by atoms with Gasteiger partial charge in [0.2, 0.25) is 0 Å². The van der Waals surface area contributed by atoms with E-state index in [2.05, 4.69) is 10.6 Å². The molecule has 6 heteroatoms. The number of nitrogens with two attached hydrogens (primary N) is 1. The summed E-state index contributed by atoms with van der Waals surface area (Å²) in [5.41, 5.74) is 4.90. The minimum absolute atomic E-state index is 0.228. The monoisotopic (exact) mass is 219 g/mol. The number of urea groups is 1. The Morgan fingerprint density at radius 2 is 1.87 bits per heavy atom. The molecule has 0 radical (unpaired) electrons. The van der Waals surface area contributed by atoms with Crippen molar-refractivity contribution in [2.24, 2.45) is 5.73 Å². The number of hydrogen-bond donors (Lipinski definition) is 3. The molecule has 0 unspecified atom stereocenters. The number of carbonyl (C=O) groups is 1. The average Bonchev–Trinajstić information content (AvgIpc) is 2.17. The summed E-state index contributed by atoms with van der Waals surface area (Å²) < 4.78 is 10.6. The summed E-state index contributed by atoms with van der Waals surface area (Å²) in [4.78, 5) is 10.3. The van der Waals surface area contributed by atoms with Crippen LogP contribution in [0.2, 0.25) is 0 Å². The first-order valence-electron chi connectivity index (χ1n) is 5.17. The van der Waals surface area contributed by atoms with Gasteiger partial charge in [-0.15, -0.1) is 0 Å². The normalized spacial score (nSPS) is 10.6. The van der Waals surface area contributed by atoms with E-state index in [9.17, 15) is 4.79 Å². The molecule has 0 aromatic rings. The zero-order valence-electron chi connectivity index (χ0n) is 9.41. The van der Waals surface area contributed by atoms with Crippen LogP contribution in [0.15, 0.2) is 0 Å². The zero-order chi connectivity index (χ0) is 11.5. The van der Waals surface area contributed by atoms with Crippen molar-refractivity contribution in [3.63, 3.8) is 0 Å². The maximum absolute atomic E-state index is 10.3. The Morgan fingerprint density at radius 3 is 2.33 bits per heavy atom. The first kappa shape index (κ1) is 14.2. The summed E-state index contributed by atoms with van der Waals surface area (Å²) in [7, 11) is 0. The SMILES string of the molecule is CCOC(CNCCNC(N)=O)OCC. The molecular weight excluding hydrogens is 198 g/mol. The van der Waals surface area contributed by atoms with Crippen molar-refractivity contribution in [1.82, 2.24) is 10.6 Å². The summed E-state index contributed by atoms with van der Waals surface area (Å²) >= 11 is 0. The molecule has 4 N–H and O–H groups in total. The second-order valence-corrected chi connectivity index (χ2v) is 2.84. The third-order valence-electron chi connectivity index (χ3n) is 1.62. The second kappa shape index (κ2) is 9.70. The van der Waals surface area contributed by atoms with E-state index in [1.165, 1.54) is 0 Å². The fourth-order valence-corrected chi connectivity index (χ4v) is 1.03. The second-order valence-electron chi connectivity index (χ2n) is 2.84. The van der Waals surface area contributed by atoms with E-state index in [4.69, 9.17) is 15.2 Å². The van der Waals surface area contributed by atoms with Gasteiger partial charge in [-0.25, -0.2) is 4.79 Å². The van der Waals surface area contributed by atoms with Crippen LogP contribution in [-0.4, -0.2) is 45.2 Å². The first-order valence-corrected chi connectivity index (χ1v) is 5.17. The minimum atomic E-state index is -0.511. The third kappa shape index (κ3) is 9.45. The number of nitrogens with one attached hydrogen (secondary N) is 2. The van der Waals surface area contributed by atoms with Crippen molar-refractivity contribution in [3.05, 3.63) is 0 Å². The van der Waals surface area contributed by atoms with Gasteiger partial charge in [-0.05, 0) is 13.8 Å². The highest BCUT2D eigenvalue weighted by Gasteiger charge is 2.05. The topological polar surface area (TPSA) is 85.6 Å². The van der Waals surface area contributed by atoms with E-state index < -0.39 is 6.03 Å². The van der Waals surface area contributed by atoms with Crippen LogP contribution < -0.4 is 16.4 Å². The molecule has 2 amide bonds. The van der Waals surface area contributed by atoms with Crippen molar-refractivity contribution < 1.29 is 14.3 Å². The molecule has 6 nitrogen and oxygen atoms in total. The summed E-state index contributed by atoms with van der Waals surface area (Å²) in [6.45, 7) is 6.81. The minimum Gasteiger partial charge on any atom is -0.352 e. The van der Waals surface area contributed by atoms with Gasteiger partial charge in [-0.2, -0.15) is 0 Å². The molecule has 0 heterocycles. The third-order valence-corrected chi connectivity index (χ3v) is 1.62. The Labute approximate surface area is 90.5 Å². The molecule has 15 heavy (non-hydrogen) atoms. The highest BCUT2D eigenvalue weighted by molar-refractivity contribution is 5.71. The molecule has 0 aliphatic rings. The summed E-state index contributed by atoms with van der Waals surface area (Å²) in [6.07, 6.45) is -0.228. The number of primary amides is 1. The van der Waals surface area contributed by atoms with E-state index in [1.807, 2.05) is 13.8 Å². The lowest BCUT2D eigenvalue weighted by atomic mass is 10.5. The average molecular weight is 219 g/mol. The predicted molar refractivity (Wildman–Crippen MR) is 57.5 cm³/mol. The molecule has 0 aliphatic heterocycles. The molecule has 0 saturated carbocycles. The first-order chi connectivity index (χ1) is 7.20. The van der Waals surface area contributed by atoms with E-state index in [-0.39, 0.29) is 6.29 Å². The van der Waals surface area contributed by atoms with Crippen LogP contribution in [0.4, 0.5) is 4.79 Å². The quantitative estimate of drug-likeness (QED) is 0.365. The molecule has 0 fully saturated rings. The highest BCUT2D eigenvalue weighted by Crippen LogP contribution is 1.92. The lowest BCUT2D eigenvalue weighted by Gasteiger charge is -2.17. The lowest BCUT2D eigenvalue weighted by molar-refractivity contribution is -0.132. The molecule has 0 rings (SSSR count). The van der Waals surface area contributed by atoms with Crippen LogP contribution in [-0.2, 0) is 9.47 Å². The molecule has 0 bridgehead atoms. The number of hydrogen-bond acceptors (Lipinski definition) is 4. The van der Waals surface area contributed by atoms with Crippen LogP contribution in [0.3, 0.4) is 0 Å². The Kier molecular flexibility index (Phi) is 9.15. The predicted octanol–water partition coefficient (Wildman–Crippen LogP) is -0.357. The van der Waals surface area contributed by atoms with Gasteiger partial charge in [-0.1, -0.05) is 0 Å². The maximum Gasteiger partial charge on any atom is 0.312 e. The molecule has 0 spiro atoms. The number of amides is 2. The fraction of sp³-hybridized carbons (Fsp3) is 0.889. The molecule has 90 valence electrons. The Balaban J connectivity index is 3.39. The van der Waals surface area contributed by atoms with Crippen molar-refractivity contribution >= 4 is 6.03 Å². The fourth-order valence-electron chi connectivity index (χ4n) is 1.03. The van der Waals surface area contributed by atoms with E-state index >= 15 is 0 Å². The van der Waals surface area contributed by atoms with Gasteiger partial charge in [0, 0.05) is 32.8 Å². The lowest BCUT2D eigenvalue weighted by Crippen LogP contribution is -2.38. The maximum atomic E-state index is 10.3. The van der Waals surface area contributed by atoms with E-state index in [0.717, 1.165) is 0 Å². The standard InChI is InChI=1S/C9H21N3O3/c1-3-14-8(15-4-2)7-11-5-6-12-9(10)13/h8,11H,3-7H2,1-2H3,(H3,10,12,13). The van der Waals surface area contributed by atoms with Crippen molar-refractivity contribution in [2.75, 3.05) is 32.8 Å². The molecule has 0 aliphatic carbocycles.